The number of benzene rings is 3. The number of anilines is 2. The molecule has 1 aliphatic heterocycles. The van der Waals surface area contributed by atoms with Gasteiger partial charge in [-0.3, -0.25) is 4.79 Å². The van der Waals surface area contributed by atoms with Crippen LogP contribution in [0.5, 0.6) is 11.5 Å². The monoisotopic (exact) mass is 388 g/mol. The first-order valence-electron chi connectivity index (χ1n) is 9.82. The Morgan fingerprint density at radius 3 is 2.45 bits per heavy atom. The van der Waals surface area contributed by atoms with Crippen molar-refractivity contribution in [3.63, 3.8) is 0 Å². The van der Waals surface area contributed by atoms with E-state index in [0.29, 0.717) is 19.0 Å². The van der Waals surface area contributed by atoms with Crippen molar-refractivity contribution >= 4 is 17.3 Å². The third-order valence-corrected chi connectivity index (χ3v) is 4.79. The summed E-state index contributed by atoms with van der Waals surface area (Å²) in [5, 5.41) is 6.29. The highest BCUT2D eigenvalue weighted by Gasteiger charge is 2.17. The Labute approximate surface area is 170 Å². The quantitative estimate of drug-likeness (QED) is 0.649. The molecular formula is C24H24N2O3. The van der Waals surface area contributed by atoms with Gasteiger partial charge < -0.3 is 20.1 Å². The van der Waals surface area contributed by atoms with Crippen molar-refractivity contribution in [2.24, 2.45) is 0 Å². The largest absolute Gasteiger partial charge is 0.490 e. The minimum atomic E-state index is -0.427. The number of fused-ring (bicyclic) bond motifs is 1. The third-order valence-electron chi connectivity index (χ3n) is 4.79. The van der Waals surface area contributed by atoms with Crippen molar-refractivity contribution in [3.05, 3.63) is 72.8 Å². The fourth-order valence-electron chi connectivity index (χ4n) is 3.27. The molecule has 1 amide bonds. The molecule has 0 saturated heterocycles. The van der Waals surface area contributed by atoms with E-state index in [4.69, 9.17) is 9.47 Å². The zero-order chi connectivity index (χ0) is 20.1. The van der Waals surface area contributed by atoms with Gasteiger partial charge in [0.15, 0.2) is 11.5 Å². The first-order valence-corrected chi connectivity index (χ1v) is 9.82. The van der Waals surface area contributed by atoms with Gasteiger partial charge in [0.25, 0.3) is 0 Å². The lowest BCUT2D eigenvalue weighted by Crippen LogP contribution is -2.32. The summed E-state index contributed by atoms with van der Waals surface area (Å²) < 4.78 is 11.4. The van der Waals surface area contributed by atoms with E-state index < -0.39 is 6.04 Å². The van der Waals surface area contributed by atoms with Crippen molar-refractivity contribution in [2.75, 3.05) is 23.8 Å². The van der Waals surface area contributed by atoms with E-state index in [9.17, 15) is 4.79 Å². The molecule has 0 aliphatic carbocycles. The Kier molecular flexibility index (Phi) is 5.66. The Morgan fingerprint density at radius 2 is 1.62 bits per heavy atom. The molecule has 1 atom stereocenters. The van der Waals surface area contributed by atoms with Crippen molar-refractivity contribution in [3.8, 4) is 22.6 Å². The second kappa shape index (κ2) is 8.69. The van der Waals surface area contributed by atoms with Crippen molar-refractivity contribution in [1.29, 1.82) is 0 Å². The molecule has 0 saturated carbocycles. The van der Waals surface area contributed by atoms with Crippen LogP contribution in [0.1, 0.15) is 13.3 Å². The molecule has 3 aromatic carbocycles. The van der Waals surface area contributed by atoms with Crippen LogP contribution in [0, 0.1) is 0 Å². The van der Waals surface area contributed by atoms with Gasteiger partial charge in [-0.15, -0.1) is 0 Å². The van der Waals surface area contributed by atoms with Crippen LogP contribution in [0.25, 0.3) is 11.1 Å². The summed E-state index contributed by atoms with van der Waals surface area (Å²) in [5.41, 5.74) is 3.65. The molecule has 0 fully saturated rings. The van der Waals surface area contributed by atoms with E-state index in [1.54, 1.807) is 0 Å². The topological polar surface area (TPSA) is 59.6 Å². The Hall–Kier alpha value is -3.47. The van der Waals surface area contributed by atoms with Gasteiger partial charge in [-0.1, -0.05) is 48.5 Å². The van der Waals surface area contributed by atoms with E-state index in [2.05, 4.69) is 10.6 Å². The molecule has 29 heavy (non-hydrogen) atoms. The summed E-state index contributed by atoms with van der Waals surface area (Å²) in [6, 6.07) is 23.1. The average Bonchev–Trinajstić information content (AvgIpc) is 3.00. The lowest BCUT2D eigenvalue weighted by Gasteiger charge is -2.18. The van der Waals surface area contributed by atoms with Crippen molar-refractivity contribution < 1.29 is 14.3 Å². The van der Waals surface area contributed by atoms with E-state index in [-0.39, 0.29) is 5.91 Å². The van der Waals surface area contributed by atoms with Crippen molar-refractivity contribution in [2.45, 2.75) is 19.4 Å². The molecule has 5 heteroatoms. The van der Waals surface area contributed by atoms with Gasteiger partial charge in [0.1, 0.15) is 6.04 Å². The van der Waals surface area contributed by atoms with Gasteiger partial charge in [0, 0.05) is 29.4 Å². The number of amides is 1. The van der Waals surface area contributed by atoms with Crippen LogP contribution in [0.3, 0.4) is 0 Å². The van der Waals surface area contributed by atoms with Crippen LogP contribution in [-0.4, -0.2) is 25.2 Å². The molecule has 3 aromatic rings. The SMILES string of the molecule is C[C@@H](Nc1ccc2c(c1)OCCCO2)C(=O)Nc1ccccc1-c1ccccc1. The molecule has 2 N–H and O–H groups in total. The molecule has 148 valence electrons. The molecular weight excluding hydrogens is 364 g/mol. The Balaban J connectivity index is 1.47. The molecule has 4 rings (SSSR count). The molecule has 0 bridgehead atoms. The molecule has 0 aromatic heterocycles. The highest BCUT2D eigenvalue weighted by atomic mass is 16.5. The molecule has 1 aliphatic rings. The number of carbonyl (C=O) groups is 1. The van der Waals surface area contributed by atoms with Gasteiger partial charge in [0.05, 0.1) is 13.2 Å². The van der Waals surface area contributed by atoms with E-state index in [0.717, 1.165) is 34.7 Å². The summed E-state index contributed by atoms with van der Waals surface area (Å²) in [7, 11) is 0. The lowest BCUT2D eigenvalue weighted by molar-refractivity contribution is -0.116. The summed E-state index contributed by atoms with van der Waals surface area (Å²) >= 11 is 0. The second-order valence-electron chi connectivity index (χ2n) is 6.98. The van der Waals surface area contributed by atoms with Crippen LogP contribution < -0.4 is 20.1 Å². The number of ether oxygens (including phenoxy) is 2. The van der Waals surface area contributed by atoms with Crippen molar-refractivity contribution in [1.82, 2.24) is 0 Å². The first kappa shape index (κ1) is 18.9. The van der Waals surface area contributed by atoms with E-state index in [1.807, 2.05) is 79.7 Å². The summed E-state index contributed by atoms with van der Waals surface area (Å²) in [5.74, 6) is 1.33. The highest BCUT2D eigenvalue weighted by Crippen LogP contribution is 2.32. The van der Waals surface area contributed by atoms with Crippen LogP contribution in [0.15, 0.2) is 72.8 Å². The van der Waals surface area contributed by atoms with Crippen LogP contribution in [0.4, 0.5) is 11.4 Å². The number of hydrogen-bond donors (Lipinski definition) is 2. The minimum Gasteiger partial charge on any atom is -0.490 e. The predicted molar refractivity (Wildman–Crippen MR) is 116 cm³/mol. The molecule has 0 radical (unpaired) electrons. The maximum Gasteiger partial charge on any atom is 0.246 e. The molecule has 0 unspecified atom stereocenters. The van der Waals surface area contributed by atoms with Gasteiger partial charge >= 0.3 is 0 Å². The van der Waals surface area contributed by atoms with Gasteiger partial charge in [0.2, 0.25) is 5.91 Å². The first-order chi connectivity index (χ1) is 14.2. The van der Waals surface area contributed by atoms with Crippen LogP contribution in [-0.2, 0) is 4.79 Å². The second-order valence-corrected chi connectivity index (χ2v) is 6.98. The number of rotatable bonds is 5. The number of para-hydroxylation sites is 1. The van der Waals surface area contributed by atoms with E-state index in [1.165, 1.54) is 0 Å². The lowest BCUT2D eigenvalue weighted by atomic mass is 10.0. The zero-order valence-corrected chi connectivity index (χ0v) is 16.4. The molecule has 1 heterocycles. The highest BCUT2D eigenvalue weighted by molar-refractivity contribution is 5.99. The normalized spacial score (nSPS) is 13.8. The minimum absolute atomic E-state index is 0.111. The Bertz CT molecular complexity index is 988. The summed E-state index contributed by atoms with van der Waals surface area (Å²) in [4.78, 5) is 12.8. The number of hydrogen-bond acceptors (Lipinski definition) is 4. The van der Waals surface area contributed by atoms with Gasteiger partial charge in [-0.05, 0) is 30.7 Å². The fourth-order valence-corrected chi connectivity index (χ4v) is 3.27. The number of nitrogens with one attached hydrogen (secondary N) is 2. The maximum absolute atomic E-state index is 12.8. The predicted octanol–water partition coefficient (Wildman–Crippen LogP) is 4.95. The van der Waals surface area contributed by atoms with Gasteiger partial charge in [-0.2, -0.15) is 0 Å². The standard InChI is InChI=1S/C24H24N2O3/c1-17(25-19-12-13-22-23(16-19)29-15-7-14-28-22)24(27)26-21-11-6-5-10-20(21)18-8-3-2-4-9-18/h2-6,8-13,16-17,25H,7,14-15H2,1H3,(H,26,27)/t17-/m1/s1. The summed E-state index contributed by atoms with van der Waals surface area (Å²) in [6.45, 7) is 3.12. The fraction of sp³-hybridized carbons (Fsp3) is 0.208. The maximum atomic E-state index is 12.8. The molecule has 0 spiro atoms. The van der Waals surface area contributed by atoms with Crippen LogP contribution >= 0.6 is 0 Å². The summed E-state index contributed by atoms with van der Waals surface area (Å²) in [6.07, 6.45) is 0.858. The third kappa shape index (κ3) is 4.51. The van der Waals surface area contributed by atoms with Gasteiger partial charge in [-0.25, -0.2) is 0 Å². The smallest absolute Gasteiger partial charge is 0.246 e. The average molecular weight is 388 g/mol. The van der Waals surface area contributed by atoms with Crippen LogP contribution in [0.2, 0.25) is 0 Å². The van der Waals surface area contributed by atoms with E-state index >= 15 is 0 Å². The Morgan fingerprint density at radius 1 is 0.897 bits per heavy atom. The number of carbonyl (C=O) groups excluding carboxylic acids is 1. The molecule has 5 nitrogen and oxygen atoms in total. The zero-order valence-electron chi connectivity index (χ0n) is 16.4.